The van der Waals surface area contributed by atoms with Crippen LogP contribution in [0.4, 0.5) is 11.4 Å². The van der Waals surface area contributed by atoms with Crippen molar-refractivity contribution in [2.24, 2.45) is 0 Å². The summed E-state index contributed by atoms with van der Waals surface area (Å²) < 4.78 is 11.8. The first-order valence-electron chi connectivity index (χ1n) is 16.6. The molecule has 0 unspecified atom stereocenters. The van der Waals surface area contributed by atoms with Crippen molar-refractivity contribution in [1.29, 1.82) is 0 Å². The summed E-state index contributed by atoms with van der Waals surface area (Å²) in [6.07, 6.45) is 3.33. The van der Waals surface area contributed by atoms with Crippen molar-refractivity contribution in [3.8, 4) is 44.9 Å². The number of ether oxygens (including phenoxy) is 2. The molecule has 8 rings (SSSR count). The Morgan fingerprint density at radius 3 is 1.69 bits per heavy atom. The molecule has 11 heteroatoms. The lowest BCUT2D eigenvalue weighted by atomic mass is 9.95. The van der Waals surface area contributed by atoms with Crippen LogP contribution in [0.3, 0.4) is 0 Å². The molecule has 0 spiro atoms. The molecule has 4 aromatic carbocycles. The summed E-state index contributed by atoms with van der Waals surface area (Å²) in [5.41, 5.74) is 6.30. The topological polar surface area (TPSA) is 100 Å². The van der Waals surface area contributed by atoms with Gasteiger partial charge in [-0.3, -0.25) is 14.4 Å². The third-order valence-corrected chi connectivity index (χ3v) is 10.6. The molecule has 4 aromatic rings. The summed E-state index contributed by atoms with van der Waals surface area (Å²) in [6.45, 7) is 1.92. The van der Waals surface area contributed by atoms with Crippen molar-refractivity contribution in [1.82, 2.24) is 10.6 Å². The molecule has 0 aromatic heterocycles. The van der Waals surface area contributed by atoms with E-state index in [1.807, 2.05) is 77.7 Å². The lowest BCUT2D eigenvalue weighted by Gasteiger charge is -2.31. The maximum absolute atomic E-state index is 12.8. The highest BCUT2D eigenvalue weighted by Gasteiger charge is 2.32. The van der Waals surface area contributed by atoms with Gasteiger partial charge in [0.15, 0.2) is 13.2 Å². The Kier molecular flexibility index (Phi) is 8.43. The number of nitrogens with one attached hydrogen (secondary N) is 2. The first-order valence-corrected chi connectivity index (χ1v) is 17.3. The van der Waals surface area contributed by atoms with E-state index in [1.165, 1.54) is 0 Å². The summed E-state index contributed by atoms with van der Waals surface area (Å²) in [6, 6.07) is 23.4. The van der Waals surface area contributed by atoms with Gasteiger partial charge in [0.25, 0.3) is 11.8 Å². The Labute approximate surface area is 294 Å². The van der Waals surface area contributed by atoms with E-state index in [9.17, 15) is 14.4 Å². The van der Waals surface area contributed by atoms with Gasteiger partial charge in [0.1, 0.15) is 11.5 Å². The van der Waals surface area contributed by atoms with E-state index in [-0.39, 0.29) is 43.0 Å². The van der Waals surface area contributed by atoms with Gasteiger partial charge in [-0.1, -0.05) is 71.7 Å². The number of hydrogen-bond acceptors (Lipinski definition) is 6. The molecule has 2 N–H and O–H groups in total. The fourth-order valence-corrected chi connectivity index (χ4v) is 7.91. The van der Waals surface area contributed by atoms with Gasteiger partial charge in [-0.05, 0) is 61.2 Å². The molecular formula is C38H34Cl2N4O5. The number of anilines is 2. The smallest absolute Gasteiger partial charge is 0.265 e. The molecule has 3 amide bonds. The first-order chi connectivity index (χ1) is 23.8. The van der Waals surface area contributed by atoms with Gasteiger partial charge in [0.2, 0.25) is 5.91 Å². The van der Waals surface area contributed by atoms with Crippen LogP contribution in [0.2, 0.25) is 10.0 Å². The standard InChI is InChI=1S/C38H34Cl2N4O5/c39-37-26(22-9-12-30-32(16-22)48-20-35(46)43(30)18-24-4-3-15-41-24)5-1-7-28(37)29-8-2-6-27(38(29)40)23-10-13-31-33(17-23)49-21-36(47)44(31)19-25-11-14-34(45)42-25/h1-2,5-10,12-13,16-17,24-25,41H,3-4,11,14-15,18-21H2,(H,42,45)/t24-,25-/m0/s1. The summed E-state index contributed by atoms with van der Waals surface area (Å²) >= 11 is 14.3. The van der Waals surface area contributed by atoms with Crippen LogP contribution in [0.25, 0.3) is 33.4 Å². The molecule has 2 fully saturated rings. The number of amides is 3. The van der Waals surface area contributed by atoms with Crippen LogP contribution < -0.4 is 29.9 Å². The number of halogens is 2. The molecule has 9 nitrogen and oxygen atoms in total. The highest BCUT2D eigenvalue weighted by atomic mass is 35.5. The maximum atomic E-state index is 12.8. The Bertz CT molecular complexity index is 2000. The van der Waals surface area contributed by atoms with Gasteiger partial charge in [-0.25, -0.2) is 0 Å². The number of fused-ring (bicyclic) bond motifs is 2. The van der Waals surface area contributed by atoms with E-state index in [0.717, 1.165) is 58.5 Å². The zero-order valence-electron chi connectivity index (χ0n) is 26.6. The van der Waals surface area contributed by atoms with Gasteiger partial charge >= 0.3 is 0 Å². The molecule has 4 aliphatic rings. The second-order valence-electron chi connectivity index (χ2n) is 12.9. The van der Waals surface area contributed by atoms with E-state index in [1.54, 1.807) is 4.90 Å². The van der Waals surface area contributed by atoms with E-state index < -0.39 is 0 Å². The van der Waals surface area contributed by atoms with Crippen molar-refractivity contribution < 1.29 is 23.9 Å². The summed E-state index contributed by atoms with van der Waals surface area (Å²) in [7, 11) is 0. The quantitative estimate of drug-likeness (QED) is 0.230. The molecule has 250 valence electrons. The minimum absolute atomic E-state index is 0.000151. The van der Waals surface area contributed by atoms with Crippen LogP contribution in [0.5, 0.6) is 11.5 Å². The van der Waals surface area contributed by atoms with Crippen LogP contribution in [-0.4, -0.2) is 62.7 Å². The van der Waals surface area contributed by atoms with Gasteiger partial charge in [0, 0.05) is 53.8 Å². The minimum atomic E-state index is -0.145. The predicted octanol–water partition coefficient (Wildman–Crippen LogP) is 6.48. The number of benzene rings is 4. The molecule has 0 saturated carbocycles. The zero-order valence-corrected chi connectivity index (χ0v) is 28.2. The highest BCUT2D eigenvalue weighted by molar-refractivity contribution is 6.39. The normalized spacial score (nSPS) is 20.1. The lowest BCUT2D eigenvalue weighted by Crippen LogP contribution is -2.46. The number of hydrogen-bond donors (Lipinski definition) is 2. The van der Waals surface area contributed by atoms with E-state index in [0.29, 0.717) is 53.2 Å². The van der Waals surface area contributed by atoms with Crippen LogP contribution in [-0.2, 0) is 14.4 Å². The third-order valence-electron chi connectivity index (χ3n) is 9.77. The van der Waals surface area contributed by atoms with E-state index in [2.05, 4.69) is 10.6 Å². The van der Waals surface area contributed by atoms with Crippen molar-refractivity contribution in [2.75, 3.05) is 42.6 Å². The van der Waals surface area contributed by atoms with Crippen LogP contribution >= 0.6 is 23.2 Å². The number of nitrogens with zero attached hydrogens (tertiary/aromatic N) is 2. The van der Waals surface area contributed by atoms with Crippen LogP contribution in [0.1, 0.15) is 25.7 Å². The molecule has 4 heterocycles. The predicted molar refractivity (Wildman–Crippen MR) is 191 cm³/mol. The molecule has 0 aliphatic carbocycles. The number of rotatable bonds is 7. The summed E-state index contributed by atoms with van der Waals surface area (Å²) in [5, 5.41) is 7.49. The molecule has 49 heavy (non-hydrogen) atoms. The fraction of sp³-hybridized carbons (Fsp3) is 0.289. The van der Waals surface area contributed by atoms with E-state index >= 15 is 0 Å². The number of carbonyl (C=O) groups excluding carboxylic acids is 3. The van der Waals surface area contributed by atoms with Gasteiger partial charge in [-0.15, -0.1) is 0 Å². The van der Waals surface area contributed by atoms with Crippen molar-refractivity contribution in [3.05, 3.63) is 82.8 Å². The largest absolute Gasteiger partial charge is 0.482 e. The second kappa shape index (κ2) is 13.0. The fourth-order valence-electron chi connectivity index (χ4n) is 7.24. The summed E-state index contributed by atoms with van der Waals surface area (Å²) in [4.78, 5) is 40.8. The minimum Gasteiger partial charge on any atom is -0.482 e. The Morgan fingerprint density at radius 1 is 0.673 bits per heavy atom. The number of carbonyl (C=O) groups is 3. The zero-order chi connectivity index (χ0) is 33.6. The van der Waals surface area contributed by atoms with Crippen LogP contribution in [0, 0.1) is 0 Å². The Hall–Kier alpha value is -4.57. The van der Waals surface area contributed by atoms with E-state index in [4.69, 9.17) is 32.7 Å². The first kappa shape index (κ1) is 31.7. The monoisotopic (exact) mass is 696 g/mol. The average Bonchev–Trinajstić information content (AvgIpc) is 3.79. The van der Waals surface area contributed by atoms with Crippen molar-refractivity contribution >= 4 is 52.3 Å². The molecule has 2 atom stereocenters. The Morgan fingerprint density at radius 2 is 1.20 bits per heavy atom. The second-order valence-corrected chi connectivity index (χ2v) is 13.6. The molecular weight excluding hydrogens is 663 g/mol. The van der Waals surface area contributed by atoms with Gasteiger partial charge in [0.05, 0.1) is 21.4 Å². The van der Waals surface area contributed by atoms with Gasteiger partial charge in [-0.2, -0.15) is 0 Å². The lowest BCUT2D eigenvalue weighted by molar-refractivity contribution is -0.122. The van der Waals surface area contributed by atoms with Crippen molar-refractivity contribution in [3.63, 3.8) is 0 Å². The highest BCUT2D eigenvalue weighted by Crippen LogP contribution is 2.45. The molecule has 2 saturated heterocycles. The average molecular weight is 698 g/mol. The van der Waals surface area contributed by atoms with Crippen molar-refractivity contribution in [2.45, 2.75) is 37.8 Å². The molecule has 0 radical (unpaired) electrons. The maximum Gasteiger partial charge on any atom is 0.265 e. The third kappa shape index (κ3) is 6.00. The Balaban J connectivity index is 1.09. The van der Waals surface area contributed by atoms with Gasteiger partial charge < -0.3 is 29.9 Å². The SMILES string of the molecule is O=C1CC[C@@H](CN2C(=O)COc3cc(-c4cccc(-c5cccc(-c6ccc7c(c6)OCC(=O)N7C[C@@H]6CCCN6)c5Cl)c4Cl)ccc32)N1. The summed E-state index contributed by atoms with van der Waals surface area (Å²) in [5.74, 6) is 1.05. The molecule has 4 aliphatic heterocycles. The van der Waals surface area contributed by atoms with Crippen LogP contribution in [0.15, 0.2) is 72.8 Å². The molecule has 0 bridgehead atoms.